The van der Waals surface area contributed by atoms with Crippen molar-refractivity contribution in [1.82, 2.24) is 0 Å². The molecule has 2 aromatic rings. The third-order valence-corrected chi connectivity index (χ3v) is 2.29. The van der Waals surface area contributed by atoms with Crippen molar-refractivity contribution in [3.05, 3.63) is 77.9 Å². The van der Waals surface area contributed by atoms with Crippen molar-refractivity contribution in [2.45, 2.75) is 0 Å². The van der Waals surface area contributed by atoms with Crippen LogP contribution in [0, 0.1) is 0 Å². The van der Waals surface area contributed by atoms with Crippen LogP contribution in [0.25, 0.3) is 6.08 Å². The van der Waals surface area contributed by atoms with Gasteiger partial charge in [0.25, 0.3) is 0 Å². The summed E-state index contributed by atoms with van der Waals surface area (Å²) in [6.07, 6.45) is 3.43. The number of hydrogen-bond acceptors (Lipinski definition) is 2. The van der Waals surface area contributed by atoms with Gasteiger partial charge >= 0.3 is 0 Å². The fraction of sp³-hybridized carbons (Fsp3) is 0.0625. The van der Waals surface area contributed by atoms with E-state index in [1.807, 2.05) is 66.7 Å². The van der Waals surface area contributed by atoms with E-state index in [0.717, 1.165) is 18.2 Å². The first kappa shape index (κ1) is 13.9. The Morgan fingerprint density at radius 1 is 0.889 bits per heavy atom. The van der Waals surface area contributed by atoms with Crippen molar-refractivity contribution >= 4 is 11.9 Å². The lowest BCUT2D eigenvalue weighted by molar-refractivity contribution is 0.104. The number of aliphatic hydroxyl groups excluding tert-OH is 1. The summed E-state index contributed by atoms with van der Waals surface area (Å²) in [5.74, 6) is 0.0319. The molecule has 0 atom stereocenters. The number of ketones is 1. The minimum atomic E-state index is 0.0319. The van der Waals surface area contributed by atoms with Crippen LogP contribution in [-0.2, 0) is 0 Å². The van der Waals surface area contributed by atoms with E-state index in [4.69, 9.17) is 5.11 Å². The maximum absolute atomic E-state index is 11.7. The molecule has 0 saturated carbocycles. The number of aliphatic hydroxyl groups is 1. The molecule has 2 nitrogen and oxygen atoms in total. The van der Waals surface area contributed by atoms with Gasteiger partial charge in [-0.3, -0.25) is 4.79 Å². The van der Waals surface area contributed by atoms with Crippen molar-refractivity contribution in [1.29, 1.82) is 0 Å². The highest BCUT2D eigenvalue weighted by Gasteiger charge is 1.98. The second-order valence-corrected chi connectivity index (χ2v) is 3.47. The molecule has 0 radical (unpaired) electrons. The average molecular weight is 240 g/mol. The summed E-state index contributed by atoms with van der Waals surface area (Å²) in [5.41, 5.74) is 1.75. The van der Waals surface area contributed by atoms with Crippen LogP contribution in [0.4, 0.5) is 0 Å². The molecule has 0 heterocycles. The zero-order valence-corrected chi connectivity index (χ0v) is 10.3. The summed E-state index contributed by atoms with van der Waals surface area (Å²) in [7, 11) is 1.00. The van der Waals surface area contributed by atoms with Crippen molar-refractivity contribution < 1.29 is 9.90 Å². The molecule has 0 unspecified atom stereocenters. The monoisotopic (exact) mass is 240 g/mol. The minimum Gasteiger partial charge on any atom is -0.400 e. The zero-order valence-electron chi connectivity index (χ0n) is 10.3. The summed E-state index contributed by atoms with van der Waals surface area (Å²) in [6, 6.07) is 19.1. The Balaban J connectivity index is 0.000000771. The molecule has 0 spiro atoms. The summed E-state index contributed by atoms with van der Waals surface area (Å²) in [4.78, 5) is 11.7. The van der Waals surface area contributed by atoms with Gasteiger partial charge in [-0.15, -0.1) is 0 Å². The topological polar surface area (TPSA) is 37.3 Å². The maximum Gasteiger partial charge on any atom is 0.185 e. The highest BCUT2D eigenvalue weighted by molar-refractivity contribution is 6.06. The van der Waals surface area contributed by atoms with Crippen molar-refractivity contribution in [3.8, 4) is 0 Å². The Kier molecular flexibility index (Phi) is 6.15. The lowest BCUT2D eigenvalue weighted by Crippen LogP contribution is -1.92. The van der Waals surface area contributed by atoms with Crippen LogP contribution >= 0.6 is 0 Å². The number of carbonyl (C=O) groups excluding carboxylic acids is 1. The van der Waals surface area contributed by atoms with Gasteiger partial charge in [-0.2, -0.15) is 0 Å². The molecule has 2 aromatic carbocycles. The van der Waals surface area contributed by atoms with Crippen LogP contribution in [0.3, 0.4) is 0 Å². The number of benzene rings is 2. The quantitative estimate of drug-likeness (QED) is 0.660. The average Bonchev–Trinajstić information content (AvgIpc) is 2.49. The maximum atomic E-state index is 11.7. The van der Waals surface area contributed by atoms with E-state index >= 15 is 0 Å². The molecule has 0 aliphatic heterocycles. The van der Waals surface area contributed by atoms with Crippen LogP contribution in [-0.4, -0.2) is 18.0 Å². The number of rotatable bonds is 3. The normalized spacial score (nSPS) is 9.67. The van der Waals surface area contributed by atoms with E-state index in [1.54, 1.807) is 6.08 Å². The van der Waals surface area contributed by atoms with Gasteiger partial charge in [-0.25, -0.2) is 0 Å². The van der Waals surface area contributed by atoms with E-state index in [2.05, 4.69) is 0 Å². The summed E-state index contributed by atoms with van der Waals surface area (Å²) >= 11 is 0. The van der Waals surface area contributed by atoms with Gasteiger partial charge in [0.05, 0.1) is 0 Å². The van der Waals surface area contributed by atoms with E-state index < -0.39 is 0 Å². The van der Waals surface area contributed by atoms with Gasteiger partial charge in [-0.05, 0) is 11.6 Å². The third kappa shape index (κ3) is 4.36. The van der Waals surface area contributed by atoms with Gasteiger partial charge < -0.3 is 5.11 Å². The molecule has 1 N–H and O–H groups in total. The first-order valence-electron chi connectivity index (χ1n) is 5.63. The van der Waals surface area contributed by atoms with Gasteiger partial charge in [0.15, 0.2) is 5.78 Å². The Bertz CT molecular complexity index is 487. The molecule has 0 aliphatic carbocycles. The smallest absolute Gasteiger partial charge is 0.185 e. The first-order chi connectivity index (χ1) is 8.86. The first-order valence-corrected chi connectivity index (χ1v) is 5.63. The molecule has 0 aliphatic rings. The molecule has 0 saturated heterocycles. The largest absolute Gasteiger partial charge is 0.400 e. The van der Waals surface area contributed by atoms with Crippen molar-refractivity contribution in [2.24, 2.45) is 0 Å². The van der Waals surface area contributed by atoms with Crippen molar-refractivity contribution in [3.63, 3.8) is 0 Å². The predicted octanol–water partition coefficient (Wildman–Crippen LogP) is 3.19. The molecule has 2 heteroatoms. The van der Waals surface area contributed by atoms with Gasteiger partial charge in [0.1, 0.15) is 0 Å². The molecule has 0 bridgehead atoms. The van der Waals surface area contributed by atoms with E-state index in [9.17, 15) is 4.79 Å². The number of carbonyl (C=O) groups is 1. The highest BCUT2D eigenvalue weighted by atomic mass is 16.2. The SMILES string of the molecule is CO.O=C(/C=C/c1ccccc1)c1ccccc1. The molecule has 92 valence electrons. The van der Waals surface area contributed by atoms with Crippen LogP contribution < -0.4 is 0 Å². The molecule has 2 rings (SSSR count). The molecule has 0 aromatic heterocycles. The summed E-state index contributed by atoms with van der Waals surface area (Å²) < 4.78 is 0. The van der Waals surface area contributed by atoms with Gasteiger partial charge in [0.2, 0.25) is 0 Å². The molecular weight excluding hydrogens is 224 g/mol. The third-order valence-electron chi connectivity index (χ3n) is 2.29. The standard InChI is InChI=1S/C15H12O.CH4O/c16-15(14-9-5-2-6-10-14)12-11-13-7-3-1-4-8-13;1-2/h1-12H;2H,1H3/b12-11+;. The number of hydrogen-bond donors (Lipinski definition) is 1. The summed E-state index contributed by atoms with van der Waals surface area (Å²) in [6.45, 7) is 0. The molecule has 0 fully saturated rings. The van der Waals surface area contributed by atoms with Crippen LogP contribution in [0.1, 0.15) is 15.9 Å². The van der Waals surface area contributed by atoms with E-state index in [1.165, 1.54) is 0 Å². The Labute approximate surface area is 107 Å². The van der Waals surface area contributed by atoms with Crippen LogP contribution in [0.5, 0.6) is 0 Å². The van der Waals surface area contributed by atoms with E-state index in [-0.39, 0.29) is 5.78 Å². The molecule has 0 amide bonds. The summed E-state index contributed by atoms with van der Waals surface area (Å²) in [5, 5.41) is 7.00. The fourth-order valence-electron chi connectivity index (χ4n) is 1.43. The number of allylic oxidation sites excluding steroid dienone is 1. The fourth-order valence-corrected chi connectivity index (χ4v) is 1.43. The lowest BCUT2D eigenvalue weighted by Gasteiger charge is -1.94. The molecular formula is C16H16O2. The molecule has 18 heavy (non-hydrogen) atoms. The van der Waals surface area contributed by atoms with Gasteiger partial charge in [0, 0.05) is 12.7 Å². The van der Waals surface area contributed by atoms with Crippen LogP contribution in [0.15, 0.2) is 66.7 Å². The van der Waals surface area contributed by atoms with Crippen LogP contribution in [0.2, 0.25) is 0 Å². The second-order valence-electron chi connectivity index (χ2n) is 3.47. The second kappa shape index (κ2) is 7.98. The Morgan fingerprint density at radius 2 is 1.39 bits per heavy atom. The Morgan fingerprint density at radius 3 is 1.94 bits per heavy atom. The van der Waals surface area contributed by atoms with E-state index in [0.29, 0.717) is 0 Å². The predicted molar refractivity (Wildman–Crippen MR) is 74.4 cm³/mol. The lowest BCUT2D eigenvalue weighted by atomic mass is 10.1. The zero-order chi connectivity index (χ0) is 13.2. The van der Waals surface area contributed by atoms with Crippen molar-refractivity contribution in [2.75, 3.05) is 7.11 Å². The highest BCUT2D eigenvalue weighted by Crippen LogP contribution is 2.05. The minimum absolute atomic E-state index is 0.0319. The Hall–Kier alpha value is -2.19. The van der Waals surface area contributed by atoms with Gasteiger partial charge in [-0.1, -0.05) is 66.7 Å².